The summed E-state index contributed by atoms with van der Waals surface area (Å²) in [5, 5.41) is 3.01. The lowest BCUT2D eigenvalue weighted by molar-refractivity contribution is -0.125. The Bertz CT molecular complexity index is 466. The first-order chi connectivity index (χ1) is 8.64. The second kappa shape index (κ2) is 7.09. The van der Waals surface area contributed by atoms with Crippen molar-refractivity contribution in [3.8, 4) is 0 Å². The Hall–Kier alpha value is -1.06. The van der Waals surface area contributed by atoms with E-state index in [1.54, 1.807) is 0 Å². The second-order valence-corrected chi connectivity index (χ2v) is 6.36. The molecular weight excluding hydrogens is 272 g/mol. The molecule has 0 spiro atoms. The molecular formula is C16H27ClN2O. The van der Waals surface area contributed by atoms with Crippen molar-refractivity contribution in [2.24, 2.45) is 11.1 Å². The smallest absolute Gasteiger partial charge is 0.237 e. The molecule has 0 aliphatic rings. The fourth-order valence-electron chi connectivity index (χ4n) is 2.02. The van der Waals surface area contributed by atoms with Gasteiger partial charge in [-0.1, -0.05) is 39.0 Å². The Balaban J connectivity index is 0.00000361. The van der Waals surface area contributed by atoms with Gasteiger partial charge in [-0.2, -0.15) is 0 Å². The van der Waals surface area contributed by atoms with Crippen molar-refractivity contribution in [1.82, 2.24) is 5.32 Å². The summed E-state index contributed by atoms with van der Waals surface area (Å²) in [5.41, 5.74) is 9.35. The predicted molar refractivity (Wildman–Crippen MR) is 87.2 cm³/mol. The SMILES string of the molecule is Cc1cccc(C(C)NC(=O)[C@@H](N)C(C)(C)C)c1C.Cl. The van der Waals surface area contributed by atoms with Crippen molar-refractivity contribution in [2.45, 2.75) is 53.6 Å². The molecule has 0 fully saturated rings. The van der Waals surface area contributed by atoms with E-state index >= 15 is 0 Å². The van der Waals surface area contributed by atoms with Crippen LogP contribution in [0.25, 0.3) is 0 Å². The van der Waals surface area contributed by atoms with Gasteiger partial charge < -0.3 is 11.1 Å². The van der Waals surface area contributed by atoms with Gasteiger partial charge in [0.2, 0.25) is 5.91 Å². The van der Waals surface area contributed by atoms with Crippen LogP contribution in [0.15, 0.2) is 18.2 Å². The Morgan fingerprint density at radius 1 is 1.25 bits per heavy atom. The van der Waals surface area contributed by atoms with Crippen molar-refractivity contribution in [3.63, 3.8) is 0 Å². The number of hydrogen-bond donors (Lipinski definition) is 2. The van der Waals surface area contributed by atoms with E-state index in [2.05, 4.69) is 31.3 Å². The van der Waals surface area contributed by atoms with Crippen LogP contribution in [0.1, 0.15) is 50.4 Å². The van der Waals surface area contributed by atoms with Crippen LogP contribution in [-0.4, -0.2) is 11.9 Å². The highest BCUT2D eigenvalue weighted by Crippen LogP contribution is 2.22. The second-order valence-electron chi connectivity index (χ2n) is 6.36. The van der Waals surface area contributed by atoms with Crippen molar-refractivity contribution < 1.29 is 4.79 Å². The Kier molecular flexibility index (Phi) is 6.72. The van der Waals surface area contributed by atoms with E-state index < -0.39 is 6.04 Å². The lowest BCUT2D eigenvalue weighted by Crippen LogP contribution is -2.49. The van der Waals surface area contributed by atoms with Gasteiger partial charge in [0.25, 0.3) is 0 Å². The molecule has 2 atom stereocenters. The van der Waals surface area contributed by atoms with Crippen LogP contribution in [-0.2, 0) is 4.79 Å². The molecule has 3 nitrogen and oxygen atoms in total. The van der Waals surface area contributed by atoms with Gasteiger partial charge in [0.1, 0.15) is 0 Å². The van der Waals surface area contributed by atoms with Crippen LogP contribution in [0.3, 0.4) is 0 Å². The maximum absolute atomic E-state index is 12.1. The van der Waals surface area contributed by atoms with E-state index in [1.165, 1.54) is 11.1 Å². The summed E-state index contributed by atoms with van der Waals surface area (Å²) in [6, 6.07) is 5.62. The number of halogens is 1. The van der Waals surface area contributed by atoms with Crippen molar-refractivity contribution >= 4 is 18.3 Å². The quantitative estimate of drug-likeness (QED) is 0.900. The zero-order valence-electron chi connectivity index (χ0n) is 13.3. The third-order valence-corrected chi connectivity index (χ3v) is 3.69. The van der Waals surface area contributed by atoms with E-state index in [9.17, 15) is 4.79 Å². The molecule has 1 aromatic carbocycles. The Morgan fingerprint density at radius 2 is 1.80 bits per heavy atom. The average molecular weight is 299 g/mol. The molecule has 0 saturated heterocycles. The van der Waals surface area contributed by atoms with Crippen LogP contribution in [0.5, 0.6) is 0 Å². The van der Waals surface area contributed by atoms with Gasteiger partial charge >= 0.3 is 0 Å². The number of carbonyl (C=O) groups is 1. The van der Waals surface area contributed by atoms with E-state index in [0.29, 0.717) is 0 Å². The summed E-state index contributed by atoms with van der Waals surface area (Å²) >= 11 is 0. The van der Waals surface area contributed by atoms with Crippen LogP contribution >= 0.6 is 12.4 Å². The molecule has 1 amide bonds. The van der Waals surface area contributed by atoms with Crippen LogP contribution in [0.2, 0.25) is 0 Å². The summed E-state index contributed by atoms with van der Waals surface area (Å²) in [4.78, 5) is 12.1. The molecule has 0 heterocycles. The average Bonchev–Trinajstić information content (AvgIpc) is 2.30. The van der Waals surface area contributed by atoms with E-state index in [1.807, 2.05) is 33.8 Å². The molecule has 0 aromatic heterocycles. The number of rotatable bonds is 3. The van der Waals surface area contributed by atoms with Gasteiger partial charge in [-0.15, -0.1) is 12.4 Å². The van der Waals surface area contributed by atoms with Crippen LogP contribution in [0, 0.1) is 19.3 Å². The molecule has 0 aliphatic heterocycles. The molecule has 0 radical (unpaired) electrons. The predicted octanol–water partition coefficient (Wildman–Crippen LogP) is 3.28. The first-order valence-electron chi connectivity index (χ1n) is 6.76. The Morgan fingerprint density at radius 3 is 2.30 bits per heavy atom. The Labute approximate surface area is 128 Å². The molecule has 114 valence electrons. The van der Waals surface area contributed by atoms with Crippen molar-refractivity contribution in [3.05, 3.63) is 34.9 Å². The highest BCUT2D eigenvalue weighted by atomic mass is 35.5. The number of hydrogen-bond acceptors (Lipinski definition) is 2. The molecule has 20 heavy (non-hydrogen) atoms. The third-order valence-electron chi connectivity index (χ3n) is 3.69. The maximum atomic E-state index is 12.1. The maximum Gasteiger partial charge on any atom is 0.237 e. The van der Waals surface area contributed by atoms with Gasteiger partial charge in [0.15, 0.2) is 0 Å². The molecule has 0 aliphatic carbocycles. The summed E-state index contributed by atoms with van der Waals surface area (Å²) in [7, 11) is 0. The van der Waals surface area contributed by atoms with Gasteiger partial charge in [-0.05, 0) is 42.9 Å². The third kappa shape index (κ3) is 4.50. The van der Waals surface area contributed by atoms with E-state index in [4.69, 9.17) is 5.73 Å². The normalized spacial score (nSPS) is 14.2. The van der Waals surface area contributed by atoms with Gasteiger partial charge in [-0.25, -0.2) is 0 Å². The summed E-state index contributed by atoms with van der Waals surface area (Å²) in [5.74, 6) is -0.0964. The molecule has 0 bridgehead atoms. The van der Waals surface area contributed by atoms with Crippen LogP contribution < -0.4 is 11.1 Å². The highest BCUT2D eigenvalue weighted by Gasteiger charge is 2.28. The van der Waals surface area contributed by atoms with Crippen LogP contribution in [0.4, 0.5) is 0 Å². The highest BCUT2D eigenvalue weighted by molar-refractivity contribution is 5.85. The first-order valence-corrected chi connectivity index (χ1v) is 6.76. The fraction of sp³-hybridized carbons (Fsp3) is 0.562. The van der Waals surface area contributed by atoms with Gasteiger partial charge in [0.05, 0.1) is 12.1 Å². The molecule has 1 aromatic rings. The summed E-state index contributed by atoms with van der Waals surface area (Å²) in [6.07, 6.45) is 0. The monoisotopic (exact) mass is 298 g/mol. The fourth-order valence-corrected chi connectivity index (χ4v) is 2.02. The minimum Gasteiger partial charge on any atom is -0.348 e. The van der Waals surface area contributed by atoms with Gasteiger partial charge in [0, 0.05) is 0 Å². The first kappa shape index (κ1) is 18.9. The summed E-state index contributed by atoms with van der Waals surface area (Å²) < 4.78 is 0. The lowest BCUT2D eigenvalue weighted by atomic mass is 9.86. The molecule has 0 saturated carbocycles. The van der Waals surface area contributed by atoms with Crippen molar-refractivity contribution in [1.29, 1.82) is 0 Å². The van der Waals surface area contributed by atoms with E-state index in [-0.39, 0.29) is 29.8 Å². The van der Waals surface area contributed by atoms with Gasteiger partial charge in [-0.3, -0.25) is 4.79 Å². The largest absolute Gasteiger partial charge is 0.348 e. The molecule has 1 rings (SSSR count). The van der Waals surface area contributed by atoms with Crippen molar-refractivity contribution in [2.75, 3.05) is 0 Å². The minimum absolute atomic E-state index is 0. The number of nitrogens with one attached hydrogen (secondary N) is 1. The number of aryl methyl sites for hydroxylation is 1. The molecule has 1 unspecified atom stereocenters. The molecule has 3 N–H and O–H groups in total. The number of carbonyl (C=O) groups excluding carboxylic acids is 1. The number of benzene rings is 1. The number of amides is 1. The number of nitrogens with two attached hydrogens (primary N) is 1. The topological polar surface area (TPSA) is 55.1 Å². The minimum atomic E-state index is -0.500. The molecule has 4 heteroatoms. The zero-order chi connectivity index (χ0) is 14.8. The summed E-state index contributed by atoms with van der Waals surface area (Å²) in [6.45, 7) is 12.1. The van der Waals surface area contributed by atoms with E-state index in [0.717, 1.165) is 5.56 Å². The standard InChI is InChI=1S/C16H26N2O.ClH/c1-10-8-7-9-13(11(10)2)12(3)18-15(19)14(17)16(4,5)6;/h7-9,12,14H,17H2,1-6H3,(H,18,19);1H/t12?,14-;/m1./s1. The zero-order valence-corrected chi connectivity index (χ0v) is 14.1. The lowest BCUT2D eigenvalue weighted by Gasteiger charge is -2.28.